The van der Waals surface area contributed by atoms with Gasteiger partial charge in [-0.1, -0.05) is 53.7 Å². The Morgan fingerprint density at radius 1 is 1.08 bits per heavy atom. The number of methoxy groups -OCH3 is 1. The Hall–Kier alpha value is -3.21. The van der Waals surface area contributed by atoms with Gasteiger partial charge in [0.05, 0.1) is 18.5 Å². The molecule has 0 saturated carbocycles. The third-order valence-corrected chi connectivity index (χ3v) is 4.11. The highest BCUT2D eigenvalue weighted by atomic mass is 16.5. The van der Waals surface area contributed by atoms with E-state index in [4.69, 9.17) is 4.74 Å². The van der Waals surface area contributed by atoms with Gasteiger partial charge >= 0.3 is 5.97 Å². The molecule has 0 radical (unpaired) electrons. The van der Waals surface area contributed by atoms with Gasteiger partial charge in [-0.2, -0.15) is 0 Å². The monoisotopic (exact) mass is 317 g/mol. The van der Waals surface area contributed by atoms with E-state index in [0.717, 1.165) is 28.2 Å². The number of hydrogen-bond acceptors (Lipinski definition) is 4. The molecule has 0 aliphatic carbocycles. The maximum atomic E-state index is 12.2. The Labute approximate surface area is 139 Å². The zero-order valence-corrected chi connectivity index (χ0v) is 13.1. The zero-order chi connectivity index (χ0) is 16.5. The fourth-order valence-electron chi connectivity index (χ4n) is 2.96. The lowest BCUT2D eigenvalue weighted by atomic mass is 10.0. The van der Waals surface area contributed by atoms with Crippen molar-refractivity contribution in [3.63, 3.8) is 0 Å². The van der Waals surface area contributed by atoms with E-state index in [1.54, 1.807) is 0 Å². The van der Waals surface area contributed by atoms with Gasteiger partial charge in [0.25, 0.3) is 0 Å². The summed E-state index contributed by atoms with van der Waals surface area (Å²) >= 11 is 0. The van der Waals surface area contributed by atoms with Crippen molar-refractivity contribution in [3.05, 3.63) is 71.4 Å². The van der Waals surface area contributed by atoms with Gasteiger partial charge in [-0.3, -0.25) is 0 Å². The minimum Gasteiger partial charge on any atom is -0.466 e. The molecule has 0 fully saturated rings. The molecular weight excluding hydrogens is 302 g/mol. The smallest absolute Gasteiger partial charge is 0.334 e. The van der Waals surface area contributed by atoms with Crippen molar-refractivity contribution in [2.24, 2.45) is 0 Å². The van der Waals surface area contributed by atoms with Gasteiger partial charge in [0.2, 0.25) is 0 Å². The predicted octanol–water partition coefficient (Wildman–Crippen LogP) is 3.05. The van der Waals surface area contributed by atoms with E-state index in [9.17, 15) is 4.79 Å². The second kappa shape index (κ2) is 5.77. The van der Waals surface area contributed by atoms with Crippen molar-refractivity contribution >= 4 is 12.0 Å². The normalized spacial score (nSPS) is 12.6. The average molecular weight is 317 g/mol. The highest BCUT2D eigenvalue weighted by Crippen LogP contribution is 2.30. The average Bonchev–Trinajstić information content (AvgIpc) is 2.97. The molecule has 118 valence electrons. The third-order valence-electron chi connectivity index (χ3n) is 4.11. The molecule has 0 bridgehead atoms. The van der Waals surface area contributed by atoms with Gasteiger partial charge in [-0.15, -0.1) is 5.10 Å². The molecule has 1 aromatic heterocycles. The quantitative estimate of drug-likeness (QED) is 0.682. The lowest BCUT2D eigenvalue weighted by Crippen LogP contribution is -2.09. The SMILES string of the molecule is COC(=O)C1=Cc2ccccc2-n2nnc(-c3ccccc3)c2C1. The molecule has 0 atom stereocenters. The molecule has 24 heavy (non-hydrogen) atoms. The lowest BCUT2D eigenvalue weighted by molar-refractivity contribution is -0.136. The van der Waals surface area contributed by atoms with E-state index in [-0.39, 0.29) is 5.97 Å². The van der Waals surface area contributed by atoms with Gasteiger partial charge < -0.3 is 4.74 Å². The highest BCUT2D eigenvalue weighted by Gasteiger charge is 2.24. The van der Waals surface area contributed by atoms with Crippen LogP contribution in [0, 0.1) is 0 Å². The number of fused-ring (bicyclic) bond motifs is 3. The van der Waals surface area contributed by atoms with Crippen LogP contribution in [0.5, 0.6) is 0 Å². The number of ether oxygens (including phenoxy) is 1. The third kappa shape index (κ3) is 2.31. The summed E-state index contributed by atoms with van der Waals surface area (Å²) in [5.74, 6) is -0.335. The molecule has 2 heterocycles. The van der Waals surface area contributed by atoms with Crippen LogP contribution in [0.2, 0.25) is 0 Å². The Bertz CT molecular complexity index is 942. The number of benzene rings is 2. The molecule has 0 spiro atoms. The first-order chi connectivity index (χ1) is 11.8. The van der Waals surface area contributed by atoms with Crippen LogP contribution in [0.1, 0.15) is 11.3 Å². The summed E-state index contributed by atoms with van der Waals surface area (Å²) in [5.41, 5.74) is 5.04. The molecular formula is C19H15N3O2. The molecule has 1 aliphatic rings. The summed E-state index contributed by atoms with van der Waals surface area (Å²) in [6, 6.07) is 17.7. The second-order valence-electron chi connectivity index (χ2n) is 5.56. The Kier molecular flexibility index (Phi) is 3.46. The number of nitrogens with zero attached hydrogens (tertiary/aromatic N) is 3. The number of hydrogen-bond donors (Lipinski definition) is 0. The van der Waals surface area contributed by atoms with E-state index >= 15 is 0 Å². The maximum absolute atomic E-state index is 12.2. The van der Waals surface area contributed by atoms with E-state index in [1.807, 2.05) is 65.4 Å². The Morgan fingerprint density at radius 2 is 1.83 bits per heavy atom. The molecule has 0 saturated heterocycles. The summed E-state index contributed by atoms with van der Waals surface area (Å²) in [4.78, 5) is 12.2. The molecule has 5 heteroatoms. The molecule has 3 aromatic rings. The van der Waals surface area contributed by atoms with Crippen LogP contribution >= 0.6 is 0 Å². The van der Waals surface area contributed by atoms with E-state index in [1.165, 1.54) is 7.11 Å². The van der Waals surface area contributed by atoms with Crippen molar-refractivity contribution in [1.82, 2.24) is 15.0 Å². The minimum absolute atomic E-state index is 0.335. The number of carbonyl (C=O) groups excluding carboxylic acids is 1. The van der Waals surface area contributed by atoms with E-state index in [2.05, 4.69) is 10.3 Å². The second-order valence-corrected chi connectivity index (χ2v) is 5.56. The fourth-order valence-corrected chi connectivity index (χ4v) is 2.96. The predicted molar refractivity (Wildman–Crippen MR) is 90.5 cm³/mol. The van der Waals surface area contributed by atoms with Crippen LogP contribution in [0.3, 0.4) is 0 Å². The standard InChI is InChI=1S/C19H15N3O2/c1-24-19(23)15-11-14-9-5-6-10-16(14)22-17(12-15)18(20-21-22)13-7-3-2-4-8-13/h2-11H,12H2,1H3. The first kappa shape index (κ1) is 14.4. The zero-order valence-electron chi connectivity index (χ0n) is 13.1. The van der Waals surface area contributed by atoms with Gasteiger partial charge in [-0.05, 0) is 12.1 Å². The van der Waals surface area contributed by atoms with Gasteiger partial charge in [0, 0.05) is 23.1 Å². The molecule has 0 amide bonds. The van der Waals surface area contributed by atoms with Crippen molar-refractivity contribution < 1.29 is 9.53 Å². The van der Waals surface area contributed by atoms with Crippen molar-refractivity contribution in [3.8, 4) is 16.9 Å². The van der Waals surface area contributed by atoms with Crippen LogP contribution in [0.15, 0.2) is 60.2 Å². The highest BCUT2D eigenvalue weighted by molar-refractivity contribution is 5.95. The topological polar surface area (TPSA) is 57.0 Å². The Balaban J connectivity index is 1.95. The molecule has 2 aromatic carbocycles. The van der Waals surface area contributed by atoms with Crippen LogP contribution in [0.25, 0.3) is 23.0 Å². The lowest BCUT2D eigenvalue weighted by Gasteiger charge is -2.07. The summed E-state index contributed by atoms with van der Waals surface area (Å²) in [6.45, 7) is 0. The van der Waals surface area contributed by atoms with Crippen LogP contribution in [-0.2, 0) is 16.0 Å². The fraction of sp³-hybridized carbons (Fsp3) is 0.105. The summed E-state index contributed by atoms with van der Waals surface area (Å²) in [6.07, 6.45) is 2.28. The van der Waals surface area contributed by atoms with Crippen LogP contribution < -0.4 is 0 Å². The summed E-state index contributed by atoms with van der Waals surface area (Å²) < 4.78 is 6.75. The number of rotatable bonds is 2. The maximum Gasteiger partial charge on any atom is 0.334 e. The number of aromatic nitrogens is 3. The van der Waals surface area contributed by atoms with E-state index in [0.29, 0.717) is 12.0 Å². The Morgan fingerprint density at radius 3 is 2.62 bits per heavy atom. The van der Waals surface area contributed by atoms with Crippen molar-refractivity contribution in [1.29, 1.82) is 0 Å². The van der Waals surface area contributed by atoms with Crippen LogP contribution in [0.4, 0.5) is 0 Å². The first-order valence-corrected chi connectivity index (χ1v) is 7.66. The molecule has 1 aliphatic heterocycles. The number of esters is 1. The van der Waals surface area contributed by atoms with Gasteiger partial charge in [0.1, 0.15) is 5.69 Å². The van der Waals surface area contributed by atoms with Crippen molar-refractivity contribution in [2.45, 2.75) is 6.42 Å². The summed E-state index contributed by atoms with van der Waals surface area (Å²) in [5, 5.41) is 8.70. The van der Waals surface area contributed by atoms with E-state index < -0.39 is 0 Å². The van der Waals surface area contributed by atoms with Crippen molar-refractivity contribution in [2.75, 3.05) is 7.11 Å². The van der Waals surface area contributed by atoms with Crippen LogP contribution in [-0.4, -0.2) is 28.1 Å². The molecule has 5 nitrogen and oxygen atoms in total. The van der Waals surface area contributed by atoms with Gasteiger partial charge in [-0.25, -0.2) is 9.48 Å². The van der Waals surface area contributed by atoms with Gasteiger partial charge in [0.15, 0.2) is 0 Å². The number of para-hydroxylation sites is 1. The molecule has 0 N–H and O–H groups in total. The molecule has 0 unspecified atom stereocenters. The summed E-state index contributed by atoms with van der Waals surface area (Å²) in [7, 11) is 1.40. The first-order valence-electron chi connectivity index (χ1n) is 7.66. The molecule has 4 rings (SSSR count). The number of carbonyl (C=O) groups is 1. The minimum atomic E-state index is -0.335. The largest absolute Gasteiger partial charge is 0.466 e.